The highest BCUT2D eigenvalue weighted by molar-refractivity contribution is 7.89. The molecule has 0 spiro atoms. The van der Waals surface area contributed by atoms with Gasteiger partial charge in [0.25, 0.3) is 5.89 Å². The summed E-state index contributed by atoms with van der Waals surface area (Å²) >= 11 is 2.82. The van der Waals surface area contributed by atoms with Crippen molar-refractivity contribution < 1.29 is 12.9 Å². The van der Waals surface area contributed by atoms with Crippen LogP contribution in [0.25, 0.3) is 22.2 Å². The normalized spacial score (nSPS) is 11.7. The van der Waals surface area contributed by atoms with E-state index in [1.165, 1.54) is 22.7 Å². The van der Waals surface area contributed by atoms with E-state index >= 15 is 0 Å². The fourth-order valence-electron chi connectivity index (χ4n) is 2.52. The van der Waals surface area contributed by atoms with Crippen molar-refractivity contribution in [2.75, 3.05) is 0 Å². The molecule has 0 saturated carbocycles. The van der Waals surface area contributed by atoms with Crippen LogP contribution in [0.4, 0.5) is 0 Å². The lowest BCUT2D eigenvalue weighted by Gasteiger charge is -2.04. The number of benzene rings is 1. The van der Waals surface area contributed by atoms with Crippen LogP contribution in [0.3, 0.4) is 0 Å². The van der Waals surface area contributed by atoms with Crippen molar-refractivity contribution in [2.45, 2.75) is 18.4 Å². The molecule has 1 N–H and O–H groups in total. The molecule has 0 aliphatic heterocycles. The van der Waals surface area contributed by atoms with E-state index in [-0.39, 0.29) is 11.4 Å². The molecule has 4 rings (SSSR count). The van der Waals surface area contributed by atoms with Gasteiger partial charge < -0.3 is 4.52 Å². The maximum absolute atomic E-state index is 12.7. The van der Waals surface area contributed by atoms with Gasteiger partial charge in [-0.15, -0.1) is 22.7 Å². The lowest BCUT2D eigenvalue weighted by atomic mass is 10.2. The largest absolute Gasteiger partial charge is 0.333 e. The Morgan fingerprint density at radius 1 is 1.15 bits per heavy atom. The highest BCUT2D eigenvalue weighted by atomic mass is 32.2. The van der Waals surface area contributed by atoms with Gasteiger partial charge in [-0.05, 0) is 24.4 Å². The van der Waals surface area contributed by atoms with E-state index in [9.17, 15) is 8.42 Å². The number of sulfonamides is 1. The molecule has 3 heterocycles. The summed E-state index contributed by atoms with van der Waals surface area (Å²) in [5.74, 6) is 0.776. The zero-order chi connectivity index (χ0) is 18.9. The van der Waals surface area contributed by atoms with Gasteiger partial charge in [0.05, 0.1) is 9.77 Å². The molecule has 9 heteroatoms. The molecule has 0 aliphatic carbocycles. The highest BCUT2D eigenvalue weighted by Crippen LogP contribution is 2.33. The number of nitrogens with zero attached hydrogens (tertiary/aromatic N) is 2. The van der Waals surface area contributed by atoms with Crippen LogP contribution in [-0.2, 0) is 16.6 Å². The lowest BCUT2D eigenvalue weighted by molar-refractivity contribution is 0.433. The standard InChI is InChI=1S/C18H15N3O3S3/c1-12-16(27(22,23)19-11-14-8-5-9-25-14)10-15(26-12)18-20-17(21-24-18)13-6-3-2-4-7-13/h2-10,19H,11H2,1H3. The van der Waals surface area contributed by atoms with Gasteiger partial charge in [0, 0.05) is 21.9 Å². The molecule has 0 atom stereocenters. The quantitative estimate of drug-likeness (QED) is 0.505. The SMILES string of the molecule is Cc1sc(-c2nc(-c3ccccc3)no2)cc1S(=O)(=O)NCc1cccs1. The lowest BCUT2D eigenvalue weighted by Crippen LogP contribution is -2.22. The molecule has 0 bridgehead atoms. The van der Waals surface area contributed by atoms with Crippen LogP contribution in [-0.4, -0.2) is 18.6 Å². The highest BCUT2D eigenvalue weighted by Gasteiger charge is 2.22. The van der Waals surface area contributed by atoms with E-state index in [0.717, 1.165) is 10.4 Å². The van der Waals surface area contributed by atoms with Gasteiger partial charge in [0.2, 0.25) is 15.8 Å². The van der Waals surface area contributed by atoms with Crippen molar-refractivity contribution in [1.82, 2.24) is 14.9 Å². The van der Waals surface area contributed by atoms with Crippen molar-refractivity contribution in [2.24, 2.45) is 0 Å². The first-order chi connectivity index (χ1) is 13.0. The molecular formula is C18H15N3O3S3. The Labute approximate surface area is 164 Å². The fourth-order valence-corrected chi connectivity index (χ4v) is 5.78. The Balaban J connectivity index is 1.59. The third kappa shape index (κ3) is 3.86. The Morgan fingerprint density at radius 3 is 2.70 bits per heavy atom. The number of rotatable bonds is 6. The van der Waals surface area contributed by atoms with E-state index in [1.807, 2.05) is 47.8 Å². The second-order valence-corrected chi connectivity index (χ2v) is 9.75. The third-order valence-corrected chi connectivity index (χ3v) is 7.42. The van der Waals surface area contributed by atoms with Crippen LogP contribution in [0.2, 0.25) is 0 Å². The molecule has 3 aromatic heterocycles. The molecule has 138 valence electrons. The summed E-state index contributed by atoms with van der Waals surface area (Å²) in [6.07, 6.45) is 0. The second kappa shape index (κ2) is 7.35. The number of nitrogens with one attached hydrogen (secondary N) is 1. The molecule has 0 saturated heterocycles. The maximum Gasteiger partial charge on any atom is 0.268 e. The minimum Gasteiger partial charge on any atom is -0.333 e. The average Bonchev–Trinajstić information content (AvgIpc) is 3.41. The summed E-state index contributed by atoms with van der Waals surface area (Å²) in [7, 11) is -3.62. The zero-order valence-corrected chi connectivity index (χ0v) is 16.7. The Hall–Kier alpha value is -2.33. The number of aryl methyl sites for hydroxylation is 1. The molecule has 0 fully saturated rings. The van der Waals surface area contributed by atoms with Crippen LogP contribution in [0.1, 0.15) is 9.75 Å². The van der Waals surface area contributed by atoms with Gasteiger partial charge in [0.15, 0.2) is 0 Å². The Bertz CT molecular complexity index is 1150. The first-order valence-electron chi connectivity index (χ1n) is 8.05. The smallest absolute Gasteiger partial charge is 0.268 e. The van der Waals surface area contributed by atoms with Crippen LogP contribution < -0.4 is 4.72 Å². The van der Waals surface area contributed by atoms with Crippen LogP contribution in [0.15, 0.2) is 63.3 Å². The molecule has 27 heavy (non-hydrogen) atoms. The molecule has 0 aliphatic rings. The molecule has 1 aromatic carbocycles. The minimum absolute atomic E-state index is 0.235. The van der Waals surface area contributed by atoms with Crippen LogP contribution >= 0.6 is 22.7 Å². The minimum atomic E-state index is -3.62. The average molecular weight is 418 g/mol. The van der Waals surface area contributed by atoms with Gasteiger partial charge in [-0.25, -0.2) is 13.1 Å². The number of thiophene rings is 2. The predicted molar refractivity (Wildman–Crippen MR) is 106 cm³/mol. The summed E-state index contributed by atoms with van der Waals surface area (Å²) in [5.41, 5.74) is 0.839. The number of hydrogen-bond acceptors (Lipinski definition) is 7. The maximum atomic E-state index is 12.7. The van der Waals surface area contributed by atoms with Crippen molar-refractivity contribution in [3.05, 3.63) is 63.7 Å². The fraction of sp³-hybridized carbons (Fsp3) is 0.111. The van der Waals surface area contributed by atoms with E-state index in [2.05, 4.69) is 14.9 Å². The summed E-state index contributed by atoms with van der Waals surface area (Å²) in [6.45, 7) is 2.03. The predicted octanol–water partition coefficient (Wildman–Crippen LogP) is 4.31. The van der Waals surface area contributed by atoms with Gasteiger partial charge in [0.1, 0.15) is 0 Å². The Morgan fingerprint density at radius 2 is 1.96 bits per heavy atom. The van der Waals surface area contributed by atoms with E-state index < -0.39 is 10.0 Å². The van der Waals surface area contributed by atoms with E-state index in [4.69, 9.17) is 4.52 Å². The molecule has 6 nitrogen and oxygen atoms in total. The molecule has 0 radical (unpaired) electrons. The molecule has 0 amide bonds. The topological polar surface area (TPSA) is 85.1 Å². The number of aromatic nitrogens is 2. The summed E-state index contributed by atoms with van der Waals surface area (Å²) in [5, 5.41) is 5.91. The van der Waals surface area contributed by atoms with Crippen molar-refractivity contribution in [1.29, 1.82) is 0 Å². The van der Waals surface area contributed by atoms with Gasteiger partial charge in [-0.1, -0.05) is 41.6 Å². The van der Waals surface area contributed by atoms with E-state index in [1.54, 1.807) is 13.0 Å². The Kier molecular flexibility index (Phi) is 4.92. The third-order valence-electron chi connectivity index (χ3n) is 3.85. The summed E-state index contributed by atoms with van der Waals surface area (Å²) in [4.78, 5) is 6.88. The van der Waals surface area contributed by atoms with Gasteiger partial charge in [-0.2, -0.15) is 4.98 Å². The molecular weight excluding hydrogens is 402 g/mol. The molecule has 0 unspecified atom stereocenters. The first-order valence-corrected chi connectivity index (χ1v) is 11.2. The van der Waals surface area contributed by atoms with Gasteiger partial charge >= 0.3 is 0 Å². The van der Waals surface area contributed by atoms with Gasteiger partial charge in [-0.3, -0.25) is 0 Å². The van der Waals surface area contributed by atoms with E-state index in [0.29, 0.717) is 21.5 Å². The second-order valence-electron chi connectivity index (χ2n) is 5.72. The first kappa shape index (κ1) is 18.1. The van der Waals surface area contributed by atoms with Crippen LogP contribution in [0.5, 0.6) is 0 Å². The monoisotopic (exact) mass is 417 g/mol. The van der Waals surface area contributed by atoms with Crippen molar-refractivity contribution in [3.8, 4) is 22.2 Å². The zero-order valence-electron chi connectivity index (χ0n) is 14.2. The summed E-state index contributed by atoms with van der Waals surface area (Å²) < 4.78 is 33.3. The van der Waals surface area contributed by atoms with Crippen molar-refractivity contribution in [3.63, 3.8) is 0 Å². The van der Waals surface area contributed by atoms with Crippen LogP contribution in [0, 0.1) is 6.92 Å². The summed E-state index contributed by atoms with van der Waals surface area (Å²) in [6, 6.07) is 14.8. The molecule has 4 aromatic rings. The van der Waals surface area contributed by atoms with Crippen molar-refractivity contribution >= 4 is 32.7 Å². The number of hydrogen-bond donors (Lipinski definition) is 1.